The molecule has 0 unspecified atom stereocenters. The molecule has 0 aliphatic heterocycles. The number of aliphatic imine (C=N–C) groups is 1. The van der Waals surface area contributed by atoms with E-state index in [2.05, 4.69) is 11.6 Å². The van der Waals surface area contributed by atoms with Crippen LogP contribution >= 0.6 is 0 Å². The molecule has 0 bridgehead atoms. The summed E-state index contributed by atoms with van der Waals surface area (Å²) >= 11 is 0. The van der Waals surface area contributed by atoms with E-state index in [0.29, 0.717) is 24.0 Å². The number of hydrogen-bond donors (Lipinski definition) is 2. The Morgan fingerprint density at radius 2 is 2.15 bits per heavy atom. The first-order chi connectivity index (χ1) is 9.36. The summed E-state index contributed by atoms with van der Waals surface area (Å²) in [6.07, 6.45) is 2.77. The summed E-state index contributed by atoms with van der Waals surface area (Å²) in [5.74, 6) is -1.08. The molecule has 0 saturated carbocycles. The van der Waals surface area contributed by atoms with Gasteiger partial charge in [0.25, 0.3) is 11.6 Å². The molecule has 0 fully saturated rings. The van der Waals surface area contributed by atoms with Gasteiger partial charge in [0.05, 0.1) is 10.5 Å². The Morgan fingerprint density at radius 1 is 1.50 bits per heavy atom. The number of carbonyl (C=O) groups is 1. The van der Waals surface area contributed by atoms with Gasteiger partial charge in [-0.3, -0.25) is 14.9 Å². The number of aryl methyl sites for hydroxylation is 2. The van der Waals surface area contributed by atoms with Crippen molar-refractivity contribution in [3.63, 3.8) is 0 Å². The normalized spacial score (nSPS) is 9.85. The third-order valence-electron chi connectivity index (χ3n) is 2.70. The van der Waals surface area contributed by atoms with Gasteiger partial charge in [0.1, 0.15) is 0 Å². The van der Waals surface area contributed by atoms with E-state index in [1.54, 1.807) is 19.1 Å². The Labute approximate surface area is 116 Å². The summed E-state index contributed by atoms with van der Waals surface area (Å²) < 4.78 is 0. The Balaban J connectivity index is 3.33. The molecule has 0 heterocycles. The minimum Gasteiger partial charge on any atom is -0.370 e. The second-order valence-corrected chi connectivity index (χ2v) is 4.22. The fourth-order valence-electron chi connectivity index (χ4n) is 1.79. The number of nitrogens with zero attached hydrogens (tertiary/aromatic N) is 2. The summed E-state index contributed by atoms with van der Waals surface area (Å²) in [6.45, 7) is 5.26. The lowest BCUT2D eigenvalue weighted by atomic mass is 9.99. The summed E-state index contributed by atoms with van der Waals surface area (Å²) in [4.78, 5) is 25.7. The molecule has 0 aliphatic carbocycles. The highest BCUT2D eigenvalue weighted by Gasteiger charge is 2.19. The number of guanidine groups is 1. The lowest BCUT2D eigenvalue weighted by molar-refractivity contribution is -0.385. The van der Waals surface area contributed by atoms with Crippen LogP contribution in [0, 0.1) is 17.0 Å². The van der Waals surface area contributed by atoms with Gasteiger partial charge in [-0.2, -0.15) is 4.99 Å². The molecule has 0 aromatic heterocycles. The minimum atomic E-state index is -0.694. The second-order valence-electron chi connectivity index (χ2n) is 4.22. The number of carbonyl (C=O) groups excluding carboxylic acids is 1. The van der Waals surface area contributed by atoms with Crippen molar-refractivity contribution < 1.29 is 9.72 Å². The first kappa shape index (κ1) is 15.4. The van der Waals surface area contributed by atoms with E-state index in [1.165, 1.54) is 6.07 Å². The molecule has 20 heavy (non-hydrogen) atoms. The summed E-state index contributed by atoms with van der Waals surface area (Å²) in [5.41, 5.74) is 11.4. The van der Waals surface area contributed by atoms with Crippen LogP contribution in [0.4, 0.5) is 5.69 Å². The van der Waals surface area contributed by atoms with Crippen LogP contribution in [0.3, 0.4) is 0 Å². The minimum absolute atomic E-state index is 0.118. The number of amides is 1. The number of nitro groups is 1. The van der Waals surface area contributed by atoms with E-state index in [0.717, 1.165) is 0 Å². The average Bonchev–Trinajstić information content (AvgIpc) is 2.34. The maximum atomic E-state index is 11.8. The fraction of sp³-hybridized carbons (Fsp3) is 0.231. The van der Waals surface area contributed by atoms with Crippen LogP contribution in [0.25, 0.3) is 0 Å². The van der Waals surface area contributed by atoms with Crippen LogP contribution in [0.2, 0.25) is 0 Å². The van der Waals surface area contributed by atoms with Crippen molar-refractivity contribution in [1.82, 2.24) is 0 Å². The van der Waals surface area contributed by atoms with Gasteiger partial charge in [-0.1, -0.05) is 6.08 Å². The van der Waals surface area contributed by atoms with Gasteiger partial charge >= 0.3 is 0 Å². The quantitative estimate of drug-likeness (QED) is 0.277. The second kappa shape index (κ2) is 6.46. The van der Waals surface area contributed by atoms with Crippen LogP contribution in [-0.4, -0.2) is 16.8 Å². The van der Waals surface area contributed by atoms with Crippen molar-refractivity contribution in [3.8, 4) is 0 Å². The van der Waals surface area contributed by atoms with Gasteiger partial charge in [0, 0.05) is 11.6 Å². The van der Waals surface area contributed by atoms with E-state index >= 15 is 0 Å². The van der Waals surface area contributed by atoms with Gasteiger partial charge in [0.2, 0.25) is 0 Å². The summed E-state index contributed by atoms with van der Waals surface area (Å²) in [7, 11) is 0. The van der Waals surface area contributed by atoms with Gasteiger partial charge in [-0.25, -0.2) is 0 Å². The van der Waals surface area contributed by atoms with Crippen molar-refractivity contribution >= 4 is 17.6 Å². The maximum Gasteiger partial charge on any atom is 0.280 e. The van der Waals surface area contributed by atoms with E-state index in [9.17, 15) is 14.9 Å². The monoisotopic (exact) mass is 276 g/mol. The Morgan fingerprint density at radius 3 is 2.65 bits per heavy atom. The number of allylic oxidation sites excluding steroid dienone is 1. The molecule has 7 nitrogen and oxygen atoms in total. The van der Waals surface area contributed by atoms with Crippen molar-refractivity contribution in [1.29, 1.82) is 0 Å². The highest BCUT2D eigenvalue weighted by Crippen LogP contribution is 2.25. The van der Waals surface area contributed by atoms with Crippen molar-refractivity contribution in [2.45, 2.75) is 19.8 Å². The van der Waals surface area contributed by atoms with Crippen LogP contribution < -0.4 is 11.5 Å². The number of nitrogens with two attached hydrogens (primary N) is 2. The Bertz CT molecular complexity index is 590. The highest BCUT2D eigenvalue weighted by atomic mass is 16.6. The summed E-state index contributed by atoms with van der Waals surface area (Å²) in [6, 6.07) is 2.82. The third kappa shape index (κ3) is 3.64. The average molecular weight is 276 g/mol. The molecule has 0 aliphatic rings. The summed E-state index contributed by atoms with van der Waals surface area (Å²) in [5, 5.41) is 11.1. The molecule has 0 spiro atoms. The predicted octanol–water partition coefficient (Wildman–Crippen LogP) is 1.44. The standard InChI is InChI=1S/C13H16N4O3/c1-3-4-5-9-6-8(2)10(7-11(9)17(19)20)12(18)16-13(14)15/h3,6-7H,1,4-5H2,2H3,(H4,14,15,16,18). The van der Waals surface area contributed by atoms with E-state index < -0.39 is 10.8 Å². The number of hydrogen-bond acceptors (Lipinski definition) is 3. The molecule has 1 aromatic rings. The van der Waals surface area contributed by atoms with Gasteiger partial charge < -0.3 is 11.5 Å². The molecule has 106 valence electrons. The molecular weight excluding hydrogens is 260 g/mol. The van der Waals surface area contributed by atoms with E-state index in [-0.39, 0.29) is 17.2 Å². The number of benzene rings is 1. The zero-order valence-electron chi connectivity index (χ0n) is 11.1. The van der Waals surface area contributed by atoms with Crippen molar-refractivity contribution in [2.24, 2.45) is 16.5 Å². The molecule has 1 rings (SSSR count). The van der Waals surface area contributed by atoms with Crippen molar-refractivity contribution in [2.75, 3.05) is 0 Å². The van der Waals surface area contributed by atoms with Crippen LogP contribution in [0.15, 0.2) is 29.8 Å². The lowest BCUT2D eigenvalue weighted by Crippen LogP contribution is -2.24. The zero-order chi connectivity index (χ0) is 15.3. The Hall–Kier alpha value is -2.70. The molecule has 4 N–H and O–H groups in total. The molecule has 7 heteroatoms. The molecule has 1 amide bonds. The van der Waals surface area contributed by atoms with E-state index in [4.69, 9.17) is 11.5 Å². The molecule has 0 saturated heterocycles. The third-order valence-corrected chi connectivity index (χ3v) is 2.70. The maximum absolute atomic E-state index is 11.8. The fourth-order valence-corrected chi connectivity index (χ4v) is 1.79. The van der Waals surface area contributed by atoms with E-state index in [1.807, 2.05) is 0 Å². The molecule has 0 radical (unpaired) electrons. The van der Waals surface area contributed by atoms with Gasteiger partial charge in [-0.15, -0.1) is 6.58 Å². The van der Waals surface area contributed by atoms with Crippen molar-refractivity contribution in [3.05, 3.63) is 51.6 Å². The SMILES string of the molecule is C=CCCc1cc(C)c(C(=O)N=C(N)N)cc1[N+](=O)[O-]. The van der Waals surface area contributed by atoms with Gasteiger partial charge in [-0.05, 0) is 31.4 Å². The predicted molar refractivity (Wildman–Crippen MR) is 76.5 cm³/mol. The van der Waals surface area contributed by atoms with Crippen LogP contribution in [0.1, 0.15) is 27.9 Å². The Kier molecular flexibility index (Phi) is 4.96. The molecule has 1 aromatic carbocycles. The molecule has 0 atom stereocenters. The van der Waals surface area contributed by atoms with Crippen LogP contribution in [0.5, 0.6) is 0 Å². The smallest absolute Gasteiger partial charge is 0.280 e. The first-order valence-corrected chi connectivity index (χ1v) is 5.89. The first-order valence-electron chi connectivity index (χ1n) is 5.89. The largest absolute Gasteiger partial charge is 0.370 e. The highest BCUT2D eigenvalue weighted by molar-refractivity contribution is 6.03. The van der Waals surface area contributed by atoms with Crippen LogP contribution in [-0.2, 0) is 6.42 Å². The topological polar surface area (TPSA) is 125 Å². The number of rotatable bonds is 5. The number of nitro benzene ring substituents is 1. The molecular formula is C13H16N4O3. The zero-order valence-corrected chi connectivity index (χ0v) is 11.1. The van der Waals surface area contributed by atoms with Gasteiger partial charge in [0.15, 0.2) is 5.96 Å². The lowest BCUT2D eigenvalue weighted by Gasteiger charge is -2.07.